The number of hydrogen-bond donors (Lipinski definition) is 2. The summed E-state index contributed by atoms with van der Waals surface area (Å²) in [5.74, 6) is -2.51. The van der Waals surface area contributed by atoms with Crippen molar-refractivity contribution in [1.29, 1.82) is 0 Å². The number of likely N-dealkylation sites (tertiary alicyclic amines) is 1. The largest absolute Gasteiger partial charge is 0.478 e. The number of fused-ring (bicyclic) bond motifs is 2. The average Bonchev–Trinajstić information content (AvgIpc) is 2.72. The highest BCUT2D eigenvalue weighted by Crippen LogP contribution is 2.47. The smallest absolute Gasteiger partial charge is 0.328 e. The lowest BCUT2D eigenvalue weighted by Gasteiger charge is -2.30. The molecule has 2 aromatic rings. The number of nitrogens with zero attached hydrogens (tertiary/aromatic N) is 1. The number of hydrogen-bond acceptors (Lipinski definition) is 4. The molecule has 4 rings (SSSR count). The lowest BCUT2D eigenvalue weighted by atomic mass is 9.88. The summed E-state index contributed by atoms with van der Waals surface area (Å²) < 4.78 is 0. The van der Waals surface area contributed by atoms with Crippen LogP contribution >= 0.6 is 11.8 Å². The summed E-state index contributed by atoms with van der Waals surface area (Å²) in [6, 6.07) is 17.7. The SMILES string of the molecule is CN1CCC(=C2c3ccccc3Sc3ccccc32)CC1.O=C(O)/C=C/C(=O)O. The van der Waals surface area contributed by atoms with Crippen molar-refractivity contribution in [1.82, 2.24) is 4.90 Å². The average molecular weight is 410 g/mol. The van der Waals surface area contributed by atoms with Crippen molar-refractivity contribution in [3.8, 4) is 0 Å². The van der Waals surface area contributed by atoms with Crippen LogP contribution in [-0.2, 0) is 9.59 Å². The highest BCUT2D eigenvalue weighted by molar-refractivity contribution is 7.99. The molecule has 0 saturated carbocycles. The maximum Gasteiger partial charge on any atom is 0.328 e. The van der Waals surface area contributed by atoms with Crippen LogP contribution in [0.3, 0.4) is 0 Å². The van der Waals surface area contributed by atoms with Crippen LogP contribution in [0.2, 0.25) is 0 Å². The van der Waals surface area contributed by atoms with E-state index < -0.39 is 11.9 Å². The highest BCUT2D eigenvalue weighted by atomic mass is 32.2. The molecule has 0 spiro atoms. The first-order valence-electron chi connectivity index (χ1n) is 9.37. The number of aliphatic carboxylic acids is 2. The molecule has 2 aromatic carbocycles. The fourth-order valence-corrected chi connectivity index (χ4v) is 4.54. The van der Waals surface area contributed by atoms with Crippen molar-refractivity contribution in [2.45, 2.75) is 22.6 Å². The van der Waals surface area contributed by atoms with Crippen LogP contribution in [0.5, 0.6) is 0 Å². The lowest BCUT2D eigenvalue weighted by Crippen LogP contribution is -2.27. The molecule has 0 radical (unpaired) electrons. The normalized spacial score (nSPS) is 15.9. The Morgan fingerprint density at radius 1 is 0.862 bits per heavy atom. The van der Waals surface area contributed by atoms with Crippen molar-refractivity contribution >= 4 is 29.3 Å². The molecular weight excluding hydrogens is 386 g/mol. The van der Waals surface area contributed by atoms with E-state index in [2.05, 4.69) is 60.5 Å². The molecule has 1 saturated heterocycles. The second-order valence-electron chi connectivity index (χ2n) is 6.89. The zero-order valence-corrected chi connectivity index (χ0v) is 17.0. The molecule has 150 valence electrons. The number of carboxylic acids is 2. The van der Waals surface area contributed by atoms with E-state index in [0.29, 0.717) is 12.2 Å². The number of benzene rings is 2. The Balaban J connectivity index is 0.000000258. The number of carbonyl (C=O) groups is 2. The van der Waals surface area contributed by atoms with E-state index in [9.17, 15) is 9.59 Å². The first kappa shape index (κ1) is 20.9. The van der Waals surface area contributed by atoms with E-state index in [1.54, 1.807) is 5.57 Å². The van der Waals surface area contributed by atoms with Crippen LogP contribution < -0.4 is 0 Å². The van der Waals surface area contributed by atoms with Gasteiger partial charge in [-0.3, -0.25) is 0 Å². The van der Waals surface area contributed by atoms with Gasteiger partial charge in [-0.25, -0.2) is 9.59 Å². The van der Waals surface area contributed by atoms with E-state index in [1.165, 1.54) is 52.4 Å². The van der Waals surface area contributed by atoms with Crippen LogP contribution in [0.1, 0.15) is 24.0 Å². The van der Waals surface area contributed by atoms with Crippen LogP contribution in [-0.4, -0.2) is 47.2 Å². The van der Waals surface area contributed by atoms with Crippen LogP contribution in [0.15, 0.2) is 76.0 Å². The third-order valence-electron chi connectivity index (χ3n) is 4.85. The van der Waals surface area contributed by atoms with Crippen molar-refractivity contribution in [2.75, 3.05) is 20.1 Å². The van der Waals surface area contributed by atoms with Crippen LogP contribution in [0, 0.1) is 0 Å². The first-order chi connectivity index (χ1) is 14.0. The topological polar surface area (TPSA) is 77.8 Å². The maximum atomic E-state index is 9.55. The third-order valence-corrected chi connectivity index (χ3v) is 6.00. The van der Waals surface area contributed by atoms with E-state index in [1.807, 2.05) is 11.8 Å². The molecule has 0 atom stereocenters. The Morgan fingerprint density at radius 2 is 1.31 bits per heavy atom. The molecule has 0 bridgehead atoms. The second kappa shape index (κ2) is 9.58. The van der Waals surface area contributed by atoms with Crippen molar-refractivity contribution in [3.05, 3.63) is 77.4 Å². The first-order valence-corrected chi connectivity index (χ1v) is 10.2. The van der Waals surface area contributed by atoms with Gasteiger partial charge < -0.3 is 15.1 Å². The summed E-state index contributed by atoms with van der Waals surface area (Å²) in [4.78, 5) is 24.3. The molecule has 1 fully saturated rings. The van der Waals surface area contributed by atoms with Gasteiger partial charge in [0.25, 0.3) is 0 Å². The minimum Gasteiger partial charge on any atom is -0.478 e. The highest BCUT2D eigenvalue weighted by Gasteiger charge is 2.24. The summed E-state index contributed by atoms with van der Waals surface area (Å²) in [7, 11) is 2.22. The summed E-state index contributed by atoms with van der Waals surface area (Å²) >= 11 is 1.91. The summed E-state index contributed by atoms with van der Waals surface area (Å²) in [6.45, 7) is 2.35. The maximum absolute atomic E-state index is 9.55. The molecule has 2 aliphatic rings. The van der Waals surface area contributed by atoms with Crippen molar-refractivity contribution in [3.63, 3.8) is 0 Å². The zero-order valence-electron chi connectivity index (χ0n) is 16.2. The summed E-state index contributed by atoms with van der Waals surface area (Å²) in [6.07, 6.45) is 3.50. The van der Waals surface area contributed by atoms with Crippen molar-refractivity contribution < 1.29 is 19.8 Å². The second-order valence-corrected chi connectivity index (χ2v) is 7.97. The van der Waals surface area contributed by atoms with Gasteiger partial charge >= 0.3 is 11.9 Å². The molecule has 2 aliphatic heterocycles. The molecule has 6 heteroatoms. The lowest BCUT2D eigenvalue weighted by molar-refractivity contribution is -0.134. The fourth-order valence-electron chi connectivity index (χ4n) is 3.45. The van der Waals surface area contributed by atoms with Gasteiger partial charge in [0.1, 0.15) is 0 Å². The number of carboxylic acid groups (broad SMARTS) is 2. The molecule has 2 heterocycles. The van der Waals surface area contributed by atoms with Crippen LogP contribution in [0.4, 0.5) is 0 Å². The Labute approximate surface area is 174 Å². The summed E-state index contributed by atoms with van der Waals surface area (Å²) in [5, 5.41) is 15.6. The molecule has 0 amide bonds. The predicted octanol–water partition coefficient (Wildman–Crippen LogP) is 4.39. The van der Waals surface area contributed by atoms with E-state index in [4.69, 9.17) is 10.2 Å². The molecule has 0 aliphatic carbocycles. The summed E-state index contributed by atoms with van der Waals surface area (Å²) in [5.41, 5.74) is 6.00. The van der Waals surface area contributed by atoms with Crippen molar-refractivity contribution in [2.24, 2.45) is 0 Å². The quantitative estimate of drug-likeness (QED) is 0.611. The monoisotopic (exact) mass is 409 g/mol. The Hall–Kier alpha value is -2.83. The molecule has 0 aromatic heterocycles. The third kappa shape index (κ3) is 5.37. The molecule has 29 heavy (non-hydrogen) atoms. The van der Waals surface area contributed by atoms with Gasteiger partial charge in [0, 0.05) is 35.0 Å². The number of rotatable bonds is 2. The van der Waals surface area contributed by atoms with Crippen LogP contribution in [0.25, 0.3) is 5.57 Å². The van der Waals surface area contributed by atoms with Gasteiger partial charge in [0.15, 0.2) is 0 Å². The molecule has 2 N–H and O–H groups in total. The molecule has 0 unspecified atom stereocenters. The minimum absolute atomic E-state index is 0.558. The van der Waals surface area contributed by atoms with Gasteiger partial charge in [0.05, 0.1) is 0 Å². The van der Waals surface area contributed by atoms with E-state index in [0.717, 1.165) is 0 Å². The fraction of sp³-hybridized carbons (Fsp3) is 0.217. The van der Waals surface area contributed by atoms with Gasteiger partial charge in [-0.1, -0.05) is 53.7 Å². The van der Waals surface area contributed by atoms with Gasteiger partial charge in [-0.15, -0.1) is 0 Å². The minimum atomic E-state index is -1.26. The molecule has 5 nitrogen and oxygen atoms in total. The van der Waals surface area contributed by atoms with E-state index in [-0.39, 0.29) is 0 Å². The number of piperidine rings is 1. The molecular formula is C23H23NO4S. The zero-order chi connectivity index (χ0) is 20.8. The van der Waals surface area contributed by atoms with Gasteiger partial charge in [-0.2, -0.15) is 0 Å². The Morgan fingerprint density at radius 3 is 1.76 bits per heavy atom. The Kier molecular flexibility index (Phi) is 6.90. The predicted molar refractivity (Wildman–Crippen MR) is 114 cm³/mol. The van der Waals surface area contributed by atoms with Gasteiger partial charge in [-0.05, 0) is 48.7 Å². The van der Waals surface area contributed by atoms with Gasteiger partial charge in [0.2, 0.25) is 0 Å². The Bertz CT molecular complexity index is 907. The van der Waals surface area contributed by atoms with E-state index >= 15 is 0 Å². The standard InChI is InChI=1S/C19H19NS.C4H4O4/c1-20-12-10-14(11-13-20)19-15-6-2-4-8-17(15)21-18-9-5-3-7-16(18)19;5-3(6)1-2-4(7)8/h2-9H,10-13H2,1H3;1-2H,(H,5,6)(H,7,8)/b;2-1+.